The number of fused-ring (bicyclic) bond motifs is 3. The Bertz CT molecular complexity index is 1420. The molecule has 0 aliphatic rings. The molecule has 0 fully saturated rings. The summed E-state index contributed by atoms with van der Waals surface area (Å²) in [6, 6.07) is 6.06. The second-order valence-electron chi connectivity index (χ2n) is 8.06. The Morgan fingerprint density at radius 1 is 1.12 bits per heavy atom. The summed E-state index contributed by atoms with van der Waals surface area (Å²) in [5.74, 6) is 4.00. The molecule has 1 N–H and O–H groups in total. The number of aryl methyl sites for hydroxylation is 1. The number of benzene rings is 2. The Balaban J connectivity index is 1.99. The zero-order valence-corrected chi connectivity index (χ0v) is 17.9. The minimum Gasteiger partial charge on any atom is -0.378 e. The summed E-state index contributed by atoms with van der Waals surface area (Å²) in [6.07, 6.45) is -1.43. The number of aliphatic hydroxyl groups is 1. The first kappa shape index (κ1) is 22.5. The molecular formula is C23H19F4N5O. The van der Waals surface area contributed by atoms with Gasteiger partial charge >= 0.3 is 0 Å². The van der Waals surface area contributed by atoms with Crippen molar-refractivity contribution in [2.75, 3.05) is 11.4 Å². The van der Waals surface area contributed by atoms with Crippen molar-refractivity contribution in [2.45, 2.75) is 32.8 Å². The summed E-state index contributed by atoms with van der Waals surface area (Å²) in [7, 11) is 0. The van der Waals surface area contributed by atoms with Gasteiger partial charge in [0.15, 0.2) is 0 Å². The fraction of sp³-hybridized carbons (Fsp3) is 0.261. The smallest absolute Gasteiger partial charge is 0.257 e. The van der Waals surface area contributed by atoms with E-state index in [1.165, 1.54) is 42.8 Å². The third-order valence-electron chi connectivity index (χ3n) is 4.77. The lowest BCUT2D eigenvalue weighted by Gasteiger charge is -2.25. The zero-order chi connectivity index (χ0) is 23.9. The summed E-state index contributed by atoms with van der Waals surface area (Å²) in [5.41, 5.74) is -0.122. The summed E-state index contributed by atoms with van der Waals surface area (Å²) in [5, 5.41) is 17.8. The van der Waals surface area contributed by atoms with Crippen molar-refractivity contribution < 1.29 is 22.7 Å². The van der Waals surface area contributed by atoms with Crippen LogP contribution in [0.4, 0.5) is 29.1 Å². The molecule has 0 bridgehead atoms. The van der Waals surface area contributed by atoms with Gasteiger partial charge in [-0.2, -0.15) is 4.98 Å². The third kappa shape index (κ3) is 4.73. The van der Waals surface area contributed by atoms with Gasteiger partial charge in [-0.1, -0.05) is 11.8 Å². The third-order valence-corrected chi connectivity index (χ3v) is 4.77. The average molecular weight is 457 g/mol. The van der Waals surface area contributed by atoms with E-state index in [2.05, 4.69) is 27.0 Å². The van der Waals surface area contributed by atoms with Gasteiger partial charge in [-0.05, 0) is 56.7 Å². The molecule has 33 heavy (non-hydrogen) atoms. The van der Waals surface area contributed by atoms with Crippen LogP contribution < -0.4 is 4.90 Å². The molecule has 170 valence electrons. The molecule has 0 aliphatic heterocycles. The maximum absolute atomic E-state index is 14.5. The molecule has 2 heterocycles. The largest absolute Gasteiger partial charge is 0.378 e. The first-order valence-corrected chi connectivity index (χ1v) is 9.93. The van der Waals surface area contributed by atoms with Crippen molar-refractivity contribution in [2.24, 2.45) is 0 Å². The number of halogens is 4. The first-order chi connectivity index (χ1) is 15.5. The van der Waals surface area contributed by atoms with Crippen LogP contribution in [0.15, 0.2) is 36.7 Å². The average Bonchev–Trinajstić information content (AvgIpc) is 3.17. The number of alkyl halides is 2. The van der Waals surface area contributed by atoms with Crippen molar-refractivity contribution >= 4 is 28.2 Å². The normalized spacial score (nSPS) is 11.8. The summed E-state index contributed by atoms with van der Waals surface area (Å²) >= 11 is 0. The van der Waals surface area contributed by atoms with Gasteiger partial charge in [0, 0.05) is 16.6 Å². The molecule has 0 spiro atoms. The standard InChI is InChI=1S/C23H19F4N5O/c1-13-6-15(24)10-18-20(13)32-12-28-30-22(32)29-21(18)31(11-19(26)27)17-8-14(7-16(25)9-17)4-5-23(2,3)33/h6-10,12,19,33H,11H2,1-3H3. The zero-order valence-electron chi connectivity index (χ0n) is 17.9. The Labute approximate surface area is 186 Å². The van der Waals surface area contributed by atoms with Crippen molar-refractivity contribution in [3.8, 4) is 11.8 Å². The number of rotatable bonds is 4. The van der Waals surface area contributed by atoms with Gasteiger partial charge in [0.05, 0.1) is 12.1 Å². The van der Waals surface area contributed by atoms with Gasteiger partial charge in [0.25, 0.3) is 12.2 Å². The van der Waals surface area contributed by atoms with Crippen molar-refractivity contribution in [1.29, 1.82) is 0 Å². The monoisotopic (exact) mass is 457 g/mol. The molecule has 2 aromatic heterocycles. The Morgan fingerprint density at radius 3 is 2.55 bits per heavy atom. The predicted molar refractivity (Wildman–Crippen MR) is 116 cm³/mol. The van der Waals surface area contributed by atoms with Crippen LogP contribution >= 0.6 is 0 Å². The highest BCUT2D eigenvalue weighted by Crippen LogP contribution is 2.34. The van der Waals surface area contributed by atoms with Gasteiger partial charge in [0.1, 0.15) is 29.4 Å². The molecular weight excluding hydrogens is 438 g/mol. The number of anilines is 2. The number of hydrogen-bond donors (Lipinski definition) is 1. The van der Waals surface area contributed by atoms with Crippen LogP contribution in [0.2, 0.25) is 0 Å². The molecule has 0 aliphatic carbocycles. The molecule has 10 heteroatoms. The summed E-state index contributed by atoms with van der Waals surface area (Å²) < 4.78 is 57.6. The SMILES string of the molecule is Cc1cc(F)cc2c(N(CC(F)F)c3cc(F)cc(C#CC(C)(C)O)c3)nc3nncn3c12. The highest BCUT2D eigenvalue weighted by molar-refractivity contribution is 5.95. The van der Waals surface area contributed by atoms with Crippen LogP contribution in [0.25, 0.3) is 16.7 Å². The number of hydrogen-bond acceptors (Lipinski definition) is 5. The molecule has 0 unspecified atom stereocenters. The van der Waals surface area contributed by atoms with E-state index in [0.29, 0.717) is 11.1 Å². The quantitative estimate of drug-likeness (QED) is 0.364. The fourth-order valence-corrected chi connectivity index (χ4v) is 3.53. The summed E-state index contributed by atoms with van der Waals surface area (Å²) in [6.45, 7) is 3.75. The maximum atomic E-state index is 14.5. The fourth-order valence-electron chi connectivity index (χ4n) is 3.53. The Morgan fingerprint density at radius 2 is 1.85 bits per heavy atom. The Kier molecular flexibility index (Phi) is 5.68. The van der Waals surface area contributed by atoms with Crippen LogP contribution in [0.3, 0.4) is 0 Å². The van der Waals surface area contributed by atoms with Crippen molar-refractivity contribution in [3.63, 3.8) is 0 Å². The topological polar surface area (TPSA) is 66.5 Å². The lowest BCUT2D eigenvalue weighted by molar-refractivity contribution is 0.143. The molecule has 4 aromatic rings. The second-order valence-corrected chi connectivity index (χ2v) is 8.06. The van der Waals surface area contributed by atoms with Crippen molar-refractivity contribution in [3.05, 3.63) is 59.4 Å². The van der Waals surface area contributed by atoms with E-state index in [9.17, 15) is 22.7 Å². The van der Waals surface area contributed by atoms with E-state index in [1.54, 1.807) is 6.92 Å². The lowest BCUT2D eigenvalue weighted by atomic mass is 10.1. The molecule has 4 rings (SSSR count). The maximum Gasteiger partial charge on any atom is 0.257 e. The molecule has 6 nitrogen and oxygen atoms in total. The first-order valence-electron chi connectivity index (χ1n) is 9.93. The van der Waals surface area contributed by atoms with E-state index < -0.39 is 30.2 Å². The van der Waals surface area contributed by atoms with E-state index >= 15 is 0 Å². The van der Waals surface area contributed by atoms with Gasteiger partial charge in [0.2, 0.25) is 0 Å². The van der Waals surface area contributed by atoms with Crippen LogP contribution in [-0.2, 0) is 0 Å². The van der Waals surface area contributed by atoms with E-state index in [0.717, 1.165) is 17.0 Å². The van der Waals surface area contributed by atoms with E-state index in [4.69, 9.17) is 0 Å². The molecule has 2 aromatic carbocycles. The minimum absolute atomic E-state index is 0.0274. The Hall–Kier alpha value is -3.71. The van der Waals surface area contributed by atoms with Gasteiger partial charge in [-0.3, -0.25) is 4.40 Å². The second kappa shape index (κ2) is 8.33. The highest BCUT2D eigenvalue weighted by atomic mass is 19.3. The summed E-state index contributed by atoms with van der Waals surface area (Å²) in [4.78, 5) is 5.43. The van der Waals surface area contributed by atoms with Crippen LogP contribution in [0, 0.1) is 30.4 Å². The highest BCUT2D eigenvalue weighted by Gasteiger charge is 2.23. The number of aromatic nitrogens is 4. The molecule has 0 atom stereocenters. The van der Waals surface area contributed by atoms with Crippen LogP contribution in [0.5, 0.6) is 0 Å². The minimum atomic E-state index is -2.82. The predicted octanol–water partition coefficient (Wildman–Crippen LogP) is 4.39. The van der Waals surface area contributed by atoms with Crippen LogP contribution in [-0.4, -0.2) is 43.3 Å². The molecule has 0 saturated heterocycles. The lowest BCUT2D eigenvalue weighted by Crippen LogP contribution is -2.25. The van der Waals surface area contributed by atoms with E-state index in [-0.39, 0.29) is 28.2 Å². The van der Waals surface area contributed by atoms with Gasteiger partial charge < -0.3 is 10.0 Å². The molecule has 0 amide bonds. The van der Waals surface area contributed by atoms with E-state index in [1.807, 2.05) is 0 Å². The van der Waals surface area contributed by atoms with Crippen LogP contribution in [0.1, 0.15) is 25.0 Å². The van der Waals surface area contributed by atoms with Gasteiger partial charge in [-0.25, -0.2) is 17.6 Å². The molecule has 0 saturated carbocycles. The molecule has 0 radical (unpaired) electrons. The van der Waals surface area contributed by atoms with Crippen molar-refractivity contribution in [1.82, 2.24) is 19.6 Å². The van der Waals surface area contributed by atoms with Gasteiger partial charge in [-0.15, -0.1) is 10.2 Å². The number of nitrogens with zero attached hydrogens (tertiary/aromatic N) is 5.